The summed E-state index contributed by atoms with van der Waals surface area (Å²) in [6, 6.07) is 13.0. The zero-order chi connectivity index (χ0) is 40.6. The molecular formula is C46H53ClN4O4. The Morgan fingerprint density at radius 2 is 1.00 bits per heavy atom. The molecule has 0 aliphatic heterocycles. The number of benzene rings is 2. The van der Waals surface area contributed by atoms with Crippen molar-refractivity contribution < 1.29 is 19.1 Å². The lowest BCUT2D eigenvalue weighted by Crippen LogP contribution is -2.33. The number of nitrogens with zero attached hydrogens (tertiary/aromatic N) is 4. The van der Waals surface area contributed by atoms with Crippen molar-refractivity contribution in [3.63, 3.8) is 0 Å². The number of hydrogen-bond acceptors (Lipinski definition) is 8. The van der Waals surface area contributed by atoms with E-state index in [2.05, 4.69) is 129 Å². The van der Waals surface area contributed by atoms with E-state index in [-0.39, 0.29) is 26.9 Å². The zero-order valence-electron chi connectivity index (χ0n) is 33.9. The van der Waals surface area contributed by atoms with Gasteiger partial charge >= 0.3 is 11.9 Å². The maximum Gasteiger partial charge on any atom is 0.341 e. The van der Waals surface area contributed by atoms with E-state index in [9.17, 15) is 9.59 Å². The predicted molar refractivity (Wildman–Crippen MR) is 218 cm³/mol. The monoisotopic (exact) mass is 760 g/mol. The topological polar surface area (TPSA) is 104 Å². The Kier molecular flexibility index (Phi) is 13.7. The van der Waals surface area contributed by atoms with Crippen LogP contribution in [-0.4, -0.2) is 45.1 Å². The van der Waals surface area contributed by atoms with Gasteiger partial charge in [-0.15, -0.1) is 6.42 Å². The van der Waals surface area contributed by atoms with Crippen molar-refractivity contribution >= 4 is 23.5 Å². The van der Waals surface area contributed by atoms with Crippen molar-refractivity contribution in [2.75, 3.05) is 13.2 Å². The summed E-state index contributed by atoms with van der Waals surface area (Å²) in [5.41, 5.74) is 9.22. The van der Waals surface area contributed by atoms with Crippen molar-refractivity contribution in [1.82, 2.24) is 19.9 Å². The Balaban J connectivity index is 0.000000203. The Morgan fingerprint density at radius 3 is 1.42 bits per heavy atom. The SMILES string of the molecule is C#Cc1ccc2c(c1)C(C)(C)CCC2(C)C.CCOC(=O)c1cnc(C#Cc2ccc3c(c2)C(C)(C)CCC3(C)C)nc1.CCOC(=O)c1cnc(Cl)nc1. The molecule has 288 valence electrons. The Hall–Kier alpha value is -5.05. The molecule has 9 heteroatoms. The molecule has 0 atom stereocenters. The highest BCUT2D eigenvalue weighted by Gasteiger charge is 2.38. The molecule has 2 aromatic heterocycles. The van der Waals surface area contributed by atoms with Gasteiger partial charge in [-0.25, -0.2) is 29.5 Å². The highest BCUT2D eigenvalue weighted by Crippen LogP contribution is 2.47. The summed E-state index contributed by atoms with van der Waals surface area (Å²) >= 11 is 5.42. The van der Waals surface area contributed by atoms with Crippen molar-refractivity contribution in [3.8, 4) is 24.2 Å². The second-order valence-electron chi connectivity index (χ2n) is 16.4. The number of carbonyl (C=O) groups is 2. The fourth-order valence-corrected chi connectivity index (χ4v) is 6.92. The van der Waals surface area contributed by atoms with Crippen LogP contribution in [0.5, 0.6) is 0 Å². The summed E-state index contributed by atoms with van der Waals surface area (Å²) in [4.78, 5) is 38.2. The van der Waals surface area contributed by atoms with Gasteiger partial charge in [-0.2, -0.15) is 0 Å². The Labute approximate surface area is 332 Å². The van der Waals surface area contributed by atoms with Crippen LogP contribution in [0.4, 0.5) is 0 Å². The molecule has 2 heterocycles. The lowest BCUT2D eigenvalue weighted by molar-refractivity contribution is 0.0515. The number of rotatable bonds is 4. The van der Waals surface area contributed by atoms with E-state index in [1.165, 1.54) is 72.7 Å². The molecule has 2 aromatic carbocycles. The summed E-state index contributed by atoms with van der Waals surface area (Å²) in [5.74, 6) is 8.42. The molecule has 55 heavy (non-hydrogen) atoms. The first kappa shape index (κ1) is 42.7. The molecule has 4 aromatic rings. The maximum atomic E-state index is 11.6. The van der Waals surface area contributed by atoms with Gasteiger partial charge in [0.05, 0.1) is 24.3 Å². The van der Waals surface area contributed by atoms with Gasteiger partial charge in [-0.05, 0) is 125 Å². The van der Waals surface area contributed by atoms with Gasteiger partial charge in [-0.1, -0.05) is 79.4 Å². The summed E-state index contributed by atoms with van der Waals surface area (Å²) in [7, 11) is 0. The van der Waals surface area contributed by atoms with Gasteiger partial charge < -0.3 is 9.47 Å². The van der Waals surface area contributed by atoms with Crippen LogP contribution in [0, 0.1) is 24.2 Å². The molecule has 2 aliphatic rings. The highest BCUT2D eigenvalue weighted by molar-refractivity contribution is 6.28. The predicted octanol–water partition coefficient (Wildman–Crippen LogP) is 9.73. The molecule has 6 rings (SSSR count). The number of esters is 2. The third-order valence-electron chi connectivity index (χ3n) is 10.5. The van der Waals surface area contributed by atoms with Gasteiger partial charge in [0, 0.05) is 35.9 Å². The molecule has 0 amide bonds. The summed E-state index contributed by atoms with van der Waals surface area (Å²) < 4.78 is 9.64. The van der Waals surface area contributed by atoms with Crippen LogP contribution in [0.3, 0.4) is 0 Å². The standard InChI is InChI=1S/C23H26N2O2.C16H20.C7H7ClN2O2/c1-6-27-21(26)17-14-24-20(25-15-17)10-8-16-7-9-18-19(13-16)23(4,5)12-11-22(18,2)3;1-6-12-7-8-13-14(11-12)16(4,5)10-9-15(13,2)3;1-2-12-6(11)5-3-9-7(8)10-4-5/h7,9,13-15H,6,11-12H2,1-5H3;1,7-8,11H,9-10H2,2-5H3;3-4H,2H2,1H3. The number of carbonyl (C=O) groups excluding carboxylic acids is 2. The molecule has 0 unspecified atom stereocenters. The van der Waals surface area contributed by atoms with Crippen LogP contribution in [0.15, 0.2) is 61.2 Å². The minimum absolute atomic E-state index is 0.114. The molecule has 0 saturated heterocycles. The average Bonchev–Trinajstić information content (AvgIpc) is 3.15. The summed E-state index contributed by atoms with van der Waals surface area (Å²) in [5, 5.41) is 0.114. The smallest absolute Gasteiger partial charge is 0.341 e. The summed E-state index contributed by atoms with van der Waals surface area (Å²) in [6.45, 7) is 22.7. The van der Waals surface area contributed by atoms with E-state index >= 15 is 0 Å². The van der Waals surface area contributed by atoms with Gasteiger partial charge in [0.2, 0.25) is 11.1 Å². The quantitative estimate of drug-likeness (QED) is 0.115. The van der Waals surface area contributed by atoms with Crippen molar-refractivity contribution in [3.05, 3.63) is 117 Å². The number of hydrogen-bond donors (Lipinski definition) is 0. The molecule has 0 N–H and O–H groups in total. The maximum absolute atomic E-state index is 11.6. The van der Waals surface area contributed by atoms with Gasteiger partial charge in [-0.3, -0.25) is 0 Å². The van der Waals surface area contributed by atoms with E-state index in [0.717, 1.165) is 11.1 Å². The fourth-order valence-electron chi connectivity index (χ4n) is 6.82. The van der Waals surface area contributed by atoms with Crippen molar-refractivity contribution in [1.29, 1.82) is 0 Å². The van der Waals surface area contributed by atoms with Gasteiger partial charge in [0.25, 0.3) is 0 Å². The molecule has 8 nitrogen and oxygen atoms in total. The molecule has 0 spiro atoms. The van der Waals surface area contributed by atoms with Crippen LogP contribution in [0.25, 0.3) is 0 Å². The summed E-state index contributed by atoms with van der Waals surface area (Å²) in [6.07, 6.45) is 15.9. The van der Waals surface area contributed by atoms with Crippen LogP contribution in [-0.2, 0) is 31.1 Å². The van der Waals surface area contributed by atoms with Gasteiger partial charge in [0.15, 0.2) is 0 Å². The second-order valence-corrected chi connectivity index (χ2v) is 16.8. The van der Waals surface area contributed by atoms with Crippen molar-refractivity contribution in [2.24, 2.45) is 0 Å². The van der Waals surface area contributed by atoms with E-state index in [4.69, 9.17) is 27.5 Å². The van der Waals surface area contributed by atoms with Gasteiger partial charge in [0.1, 0.15) is 0 Å². The van der Waals surface area contributed by atoms with E-state index in [0.29, 0.717) is 30.2 Å². The van der Waals surface area contributed by atoms with E-state index in [1.54, 1.807) is 13.8 Å². The first-order chi connectivity index (χ1) is 25.8. The Bertz CT molecular complexity index is 2100. The molecule has 0 fully saturated rings. The average molecular weight is 761 g/mol. The number of ether oxygens (including phenoxy) is 2. The van der Waals surface area contributed by atoms with E-state index in [1.807, 2.05) is 0 Å². The van der Waals surface area contributed by atoms with Crippen LogP contribution in [0.1, 0.15) is 155 Å². The number of terminal acetylenes is 1. The zero-order valence-corrected chi connectivity index (χ0v) is 34.6. The third kappa shape index (κ3) is 10.8. The molecular weight excluding hydrogens is 708 g/mol. The second kappa shape index (κ2) is 17.6. The number of fused-ring (bicyclic) bond motifs is 2. The Morgan fingerprint density at radius 1 is 0.618 bits per heavy atom. The first-order valence-electron chi connectivity index (χ1n) is 18.8. The number of halogens is 1. The first-order valence-corrected chi connectivity index (χ1v) is 19.1. The highest BCUT2D eigenvalue weighted by atomic mass is 35.5. The van der Waals surface area contributed by atoms with Crippen molar-refractivity contribution in [2.45, 2.75) is 117 Å². The van der Waals surface area contributed by atoms with E-state index < -0.39 is 11.9 Å². The number of aromatic nitrogens is 4. The minimum atomic E-state index is -0.436. The lowest BCUT2D eigenvalue weighted by atomic mass is 9.63. The van der Waals surface area contributed by atoms with Crippen LogP contribution >= 0.6 is 11.6 Å². The molecule has 2 aliphatic carbocycles. The largest absolute Gasteiger partial charge is 0.462 e. The minimum Gasteiger partial charge on any atom is -0.462 e. The normalized spacial score (nSPS) is 16.3. The fraction of sp³-hybridized carbons (Fsp3) is 0.435. The molecule has 0 saturated carbocycles. The molecule has 0 radical (unpaired) electrons. The third-order valence-corrected chi connectivity index (χ3v) is 10.7. The molecule has 0 bridgehead atoms. The van der Waals surface area contributed by atoms with Crippen LogP contribution < -0.4 is 0 Å². The lowest BCUT2D eigenvalue weighted by Gasteiger charge is -2.41. The van der Waals surface area contributed by atoms with Crippen LogP contribution in [0.2, 0.25) is 5.28 Å².